The van der Waals surface area contributed by atoms with E-state index in [1.165, 1.54) is 18.4 Å². The van der Waals surface area contributed by atoms with E-state index in [0.29, 0.717) is 6.04 Å². The van der Waals surface area contributed by atoms with Gasteiger partial charge in [-0.1, -0.05) is 13.3 Å². The Morgan fingerprint density at radius 1 is 1.47 bits per heavy atom. The Hall–Kier alpha value is -0.700. The number of rotatable bonds is 5. The second-order valence-electron chi connectivity index (χ2n) is 4.01. The van der Waals surface area contributed by atoms with Gasteiger partial charge >= 0.3 is 0 Å². The fraction of sp³-hybridized carbons (Fsp3) is 0.727. The van der Waals surface area contributed by atoms with Crippen LogP contribution in [0.4, 0.5) is 5.82 Å². The topological polar surface area (TPSA) is 29.9 Å². The van der Waals surface area contributed by atoms with Gasteiger partial charge in [-0.05, 0) is 27.2 Å². The molecular weight excluding hydrogens is 210 g/mol. The fourth-order valence-electron chi connectivity index (χ4n) is 1.31. The van der Waals surface area contributed by atoms with Crippen molar-refractivity contribution in [2.24, 2.45) is 0 Å². The molecule has 1 N–H and O–H groups in total. The van der Waals surface area contributed by atoms with Crippen LogP contribution in [0.2, 0.25) is 0 Å². The summed E-state index contributed by atoms with van der Waals surface area (Å²) in [7, 11) is 0. The highest BCUT2D eigenvalue weighted by Crippen LogP contribution is 2.14. The molecule has 1 aromatic heterocycles. The van der Waals surface area contributed by atoms with Crippen molar-refractivity contribution in [1.29, 1.82) is 0 Å². The summed E-state index contributed by atoms with van der Waals surface area (Å²) in [5.74, 6) is 1.03. The Morgan fingerprint density at radius 2 is 2.13 bits per heavy atom. The second-order valence-corrected chi connectivity index (χ2v) is 4.01. The summed E-state index contributed by atoms with van der Waals surface area (Å²) in [6, 6.07) is 0.440. The third-order valence-corrected chi connectivity index (χ3v) is 2.27. The third kappa shape index (κ3) is 4.12. The molecule has 0 saturated heterocycles. The Labute approximate surface area is 98.7 Å². The molecule has 0 radical (unpaired) electrons. The molecule has 0 spiro atoms. The van der Waals surface area contributed by atoms with Crippen molar-refractivity contribution in [3.05, 3.63) is 11.8 Å². The van der Waals surface area contributed by atoms with Crippen LogP contribution in [0.3, 0.4) is 0 Å². The molecule has 1 rings (SSSR count). The maximum absolute atomic E-state index is 4.49. The van der Waals surface area contributed by atoms with E-state index in [4.69, 9.17) is 0 Å². The second kappa shape index (κ2) is 6.72. The monoisotopic (exact) mass is 231 g/mol. The molecule has 0 saturated carbocycles. The van der Waals surface area contributed by atoms with Gasteiger partial charge < -0.3 is 5.32 Å². The summed E-state index contributed by atoms with van der Waals surface area (Å²) in [5, 5.41) is 7.84. The van der Waals surface area contributed by atoms with E-state index >= 15 is 0 Å². The van der Waals surface area contributed by atoms with Crippen LogP contribution in [-0.4, -0.2) is 16.3 Å². The van der Waals surface area contributed by atoms with E-state index in [2.05, 4.69) is 44.3 Å². The van der Waals surface area contributed by atoms with E-state index in [9.17, 15) is 0 Å². The van der Waals surface area contributed by atoms with Crippen LogP contribution in [0.25, 0.3) is 0 Å². The minimum Gasteiger partial charge on any atom is -0.368 e. The summed E-state index contributed by atoms with van der Waals surface area (Å²) >= 11 is 0. The van der Waals surface area contributed by atoms with E-state index in [0.717, 1.165) is 12.4 Å². The zero-order valence-corrected chi connectivity index (χ0v) is 10.9. The number of hydrogen-bond donors (Lipinski definition) is 1. The van der Waals surface area contributed by atoms with Crippen molar-refractivity contribution in [2.45, 2.75) is 46.6 Å². The Bertz CT molecular complexity index is 281. The lowest BCUT2D eigenvalue weighted by molar-refractivity contribution is 0.533. The molecule has 0 aliphatic carbocycles. The van der Waals surface area contributed by atoms with E-state index in [-0.39, 0.29) is 12.4 Å². The van der Waals surface area contributed by atoms with Gasteiger partial charge in [0, 0.05) is 24.3 Å². The van der Waals surface area contributed by atoms with Crippen molar-refractivity contribution >= 4 is 18.2 Å². The first-order valence-electron chi connectivity index (χ1n) is 5.44. The van der Waals surface area contributed by atoms with Gasteiger partial charge in [-0.3, -0.25) is 4.68 Å². The number of unbranched alkanes of at least 4 members (excludes halogenated alkanes) is 1. The number of halogens is 1. The van der Waals surface area contributed by atoms with Gasteiger partial charge in [0.1, 0.15) is 0 Å². The van der Waals surface area contributed by atoms with Gasteiger partial charge in [-0.2, -0.15) is 5.10 Å². The molecule has 0 bridgehead atoms. The quantitative estimate of drug-likeness (QED) is 0.788. The molecule has 1 aromatic rings. The number of nitrogens with zero attached hydrogens (tertiary/aromatic N) is 2. The molecule has 1 heterocycles. The highest BCUT2D eigenvalue weighted by atomic mass is 35.5. The van der Waals surface area contributed by atoms with Crippen molar-refractivity contribution < 1.29 is 0 Å². The zero-order chi connectivity index (χ0) is 10.6. The van der Waals surface area contributed by atoms with Crippen LogP contribution < -0.4 is 5.32 Å². The number of nitrogens with one attached hydrogen (secondary N) is 1. The molecule has 0 aliphatic rings. The Kier molecular flexibility index (Phi) is 6.41. The van der Waals surface area contributed by atoms with E-state index in [1.807, 2.05) is 4.68 Å². The van der Waals surface area contributed by atoms with Gasteiger partial charge in [0.2, 0.25) is 0 Å². The first kappa shape index (κ1) is 14.3. The molecular formula is C11H22ClN3. The van der Waals surface area contributed by atoms with Crippen LogP contribution in [0, 0.1) is 6.92 Å². The average Bonchev–Trinajstić information content (AvgIpc) is 2.49. The summed E-state index contributed by atoms with van der Waals surface area (Å²) in [6.07, 6.45) is 4.52. The molecule has 88 valence electrons. The highest BCUT2D eigenvalue weighted by molar-refractivity contribution is 5.85. The van der Waals surface area contributed by atoms with Crippen LogP contribution in [0.5, 0.6) is 0 Å². The maximum Gasteiger partial charge on any atom is 0.150 e. The minimum atomic E-state index is 0. The van der Waals surface area contributed by atoms with Gasteiger partial charge in [-0.25, -0.2) is 0 Å². The number of aromatic nitrogens is 2. The van der Waals surface area contributed by atoms with Crippen LogP contribution in [-0.2, 0) is 0 Å². The van der Waals surface area contributed by atoms with Crippen molar-refractivity contribution in [1.82, 2.24) is 9.78 Å². The predicted octanol–water partition coefficient (Wildman–Crippen LogP) is 3.41. The summed E-state index contributed by atoms with van der Waals surface area (Å²) in [6.45, 7) is 9.60. The van der Waals surface area contributed by atoms with Gasteiger partial charge in [0.05, 0.1) is 0 Å². The summed E-state index contributed by atoms with van der Waals surface area (Å²) in [4.78, 5) is 0. The third-order valence-electron chi connectivity index (χ3n) is 2.27. The van der Waals surface area contributed by atoms with Gasteiger partial charge in [0.25, 0.3) is 0 Å². The van der Waals surface area contributed by atoms with E-state index in [1.54, 1.807) is 0 Å². The van der Waals surface area contributed by atoms with Gasteiger partial charge in [0.15, 0.2) is 5.82 Å². The Morgan fingerprint density at radius 3 is 2.60 bits per heavy atom. The normalized spacial score (nSPS) is 10.2. The number of hydrogen-bond acceptors (Lipinski definition) is 2. The average molecular weight is 232 g/mol. The highest BCUT2D eigenvalue weighted by Gasteiger charge is 2.05. The van der Waals surface area contributed by atoms with Crippen LogP contribution >= 0.6 is 12.4 Å². The molecule has 15 heavy (non-hydrogen) atoms. The first-order valence-corrected chi connectivity index (χ1v) is 5.44. The minimum absolute atomic E-state index is 0. The van der Waals surface area contributed by atoms with Crippen molar-refractivity contribution in [3.8, 4) is 0 Å². The van der Waals surface area contributed by atoms with Crippen LogP contribution in [0.15, 0.2) is 6.20 Å². The lowest BCUT2D eigenvalue weighted by atomic mass is 10.3. The van der Waals surface area contributed by atoms with Gasteiger partial charge in [-0.15, -0.1) is 12.4 Å². The fourth-order valence-corrected chi connectivity index (χ4v) is 1.31. The lowest BCUT2D eigenvalue weighted by Crippen LogP contribution is -2.05. The Balaban J connectivity index is 0.00000196. The molecule has 0 unspecified atom stereocenters. The first-order chi connectivity index (χ1) is 6.65. The zero-order valence-electron chi connectivity index (χ0n) is 10.1. The van der Waals surface area contributed by atoms with E-state index < -0.39 is 0 Å². The molecule has 0 aromatic carbocycles. The molecule has 0 aliphatic heterocycles. The molecule has 3 nitrogen and oxygen atoms in total. The van der Waals surface area contributed by atoms with Crippen molar-refractivity contribution in [2.75, 3.05) is 11.9 Å². The molecule has 4 heteroatoms. The molecule has 0 fully saturated rings. The molecule has 0 amide bonds. The van der Waals surface area contributed by atoms with Crippen molar-refractivity contribution in [3.63, 3.8) is 0 Å². The predicted molar refractivity (Wildman–Crippen MR) is 68.0 cm³/mol. The number of anilines is 1. The smallest absolute Gasteiger partial charge is 0.150 e. The summed E-state index contributed by atoms with van der Waals surface area (Å²) < 4.78 is 2.00. The number of aryl methyl sites for hydroxylation is 1. The summed E-state index contributed by atoms with van der Waals surface area (Å²) in [5.41, 5.74) is 1.23. The lowest BCUT2D eigenvalue weighted by Gasteiger charge is -2.04. The maximum atomic E-state index is 4.49. The largest absolute Gasteiger partial charge is 0.368 e. The standard InChI is InChI=1S/C11H21N3.ClH/c1-5-6-7-12-11-10(4)8-14(13-11)9(2)3;/h8-9H,5-7H2,1-4H3,(H,12,13);1H. The SMILES string of the molecule is CCCCNc1nn(C(C)C)cc1C.Cl. The molecule has 0 atom stereocenters. The van der Waals surface area contributed by atoms with Crippen LogP contribution in [0.1, 0.15) is 45.2 Å².